The predicted molar refractivity (Wildman–Crippen MR) is 46.8 cm³/mol. The molecular weight excluding hydrogens is 249 g/mol. The van der Waals surface area contributed by atoms with Crippen molar-refractivity contribution in [3.05, 3.63) is 0 Å². The van der Waals surface area contributed by atoms with E-state index in [0.717, 1.165) is 6.42 Å². The number of halogens is 4. The number of rotatable bonds is 1. The van der Waals surface area contributed by atoms with E-state index >= 15 is 0 Å². The zero-order valence-corrected chi connectivity index (χ0v) is 8.66. The number of hydrogen-bond donors (Lipinski definition) is 1. The summed E-state index contributed by atoms with van der Waals surface area (Å²) in [5.74, 6) is -0.0552. The lowest BCUT2D eigenvalue weighted by Crippen LogP contribution is -2.48. The van der Waals surface area contributed by atoms with E-state index in [-0.39, 0.29) is 18.8 Å². The summed E-state index contributed by atoms with van der Waals surface area (Å²) in [5.41, 5.74) is -2.44. The van der Waals surface area contributed by atoms with Gasteiger partial charge in [-0.25, -0.2) is 0 Å². The monoisotopic (exact) mass is 260 g/mol. The van der Waals surface area contributed by atoms with Crippen LogP contribution in [0.15, 0.2) is 0 Å². The average molecular weight is 261 g/mol. The molecule has 1 N–H and O–H groups in total. The third-order valence-corrected chi connectivity index (χ3v) is 3.49. The van der Waals surface area contributed by atoms with Crippen LogP contribution in [0.2, 0.25) is 0 Å². The summed E-state index contributed by atoms with van der Waals surface area (Å²) >= 11 is 3.15. The molecule has 0 radical (unpaired) electrons. The van der Waals surface area contributed by atoms with E-state index in [2.05, 4.69) is 15.9 Å². The fraction of sp³-hybridized carbons (Fsp3) is 1.00. The number of hydrogen-bond acceptors (Lipinski definition) is 1. The Kier molecular flexibility index (Phi) is 3.28. The van der Waals surface area contributed by atoms with E-state index in [4.69, 9.17) is 0 Å². The van der Waals surface area contributed by atoms with Gasteiger partial charge in [0, 0.05) is 5.33 Å². The molecule has 78 valence electrons. The first-order valence-electron chi connectivity index (χ1n) is 4.24. The summed E-state index contributed by atoms with van der Waals surface area (Å²) in [7, 11) is 0. The molecule has 2 atom stereocenters. The van der Waals surface area contributed by atoms with Crippen molar-refractivity contribution in [2.45, 2.75) is 37.5 Å². The zero-order chi connectivity index (χ0) is 10.1. The van der Waals surface area contributed by atoms with Gasteiger partial charge in [-0.3, -0.25) is 0 Å². The molecule has 1 fully saturated rings. The smallest absolute Gasteiger partial charge is 0.380 e. The van der Waals surface area contributed by atoms with Gasteiger partial charge in [0.15, 0.2) is 5.60 Å². The molecule has 0 aromatic rings. The second kappa shape index (κ2) is 3.77. The van der Waals surface area contributed by atoms with Crippen LogP contribution in [0, 0.1) is 5.92 Å². The molecule has 0 spiro atoms. The lowest BCUT2D eigenvalue weighted by molar-refractivity contribution is -0.273. The number of alkyl halides is 4. The molecule has 0 amide bonds. The van der Waals surface area contributed by atoms with Crippen LogP contribution in [0.25, 0.3) is 0 Å². The van der Waals surface area contributed by atoms with Crippen LogP contribution >= 0.6 is 15.9 Å². The van der Waals surface area contributed by atoms with Crippen LogP contribution in [0.4, 0.5) is 13.2 Å². The van der Waals surface area contributed by atoms with Crippen LogP contribution in [0.3, 0.4) is 0 Å². The van der Waals surface area contributed by atoms with Crippen LogP contribution in [-0.2, 0) is 0 Å². The molecule has 1 nitrogen and oxygen atoms in total. The Morgan fingerprint density at radius 1 is 1.46 bits per heavy atom. The quantitative estimate of drug-likeness (QED) is 0.719. The van der Waals surface area contributed by atoms with Crippen molar-refractivity contribution in [1.29, 1.82) is 0 Å². The number of aliphatic hydroxyl groups is 1. The van der Waals surface area contributed by atoms with Crippen molar-refractivity contribution >= 4 is 15.9 Å². The van der Waals surface area contributed by atoms with Crippen LogP contribution in [0.5, 0.6) is 0 Å². The summed E-state index contributed by atoms with van der Waals surface area (Å²) in [5, 5.41) is 9.90. The molecule has 0 aromatic heterocycles. The first kappa shape index (κ1) is 11.3. The largest absolute Gasteiger partial charge is 0.417 e. The maximum absolute atomic E-state index is 12.4. The Bertz CT molecular complexity index is 183. The van der Waals surface area contributed by atoms with Gasteiger partial charge in [0.25, 0.3) is 0 Å². The molecule has 0 bridgehead atoms. The van der Waals surface area contributed by atoms with Crippen LogP contribution in [-0.4, -0.2) is 22.2 Å². The van der Waals surface area contributed by atoms with Crippen LogP contribution < -0.4 is 0 Å². The summed E-state index contributed by atoms with van der Waals surface area (Å²) in [4.78, 5) is 0. The lowest BCUT2D eigenvalue weighted by atomic mass is 9.78. The Morgan fingerprint density at radius 3 is 2.54 bits per heavy atom. The zero-order valence-electron chi connectivity index (χ0n) is 7.07. The van der Waals surface area contributed by atoms with E-state index in [1.165, 1.54) is 0 Å². The molecular formula is C8H12BrF3O. The minimum Gasteiger partial charge on any atom is -0.380 e. The van der Waals surface area contributed by atoms with Crippen molar-refractivity contribution in [2.75, 3.05) is 5.33 Å². The van der Waals surface area contributed by atoms with Crippen molar-refractivity contribution in [1.82, 2.24) is 0 Å². The normalized spacial score (nSPS) is 36.2. The maximum atomic E-state index is 12.4. The van der Waals surface area contributed by atoms with Gasteiger partial charge in [0.1, 0.15) is 0 Å². The van der Waals surface area contributed by atoms with Gasteiger partial charge in [-0.2, -0.15) is 13.2 Å². The second-order valence-corrected chi connectivity index (χ2v) is 4.29. The third-order valence-electron chi connectivity index (χ3n) is 2.57. The fourth-order valence-electron chi connectivity index (χ4n) is 1.75. The van der Waals surface area contributed by atoms with Crippen LogP contribution in [0.1, 0.15) is 25.7 Å². The molecule has 0 aromatic carbocycles. The SMILES string of the molecule is OC1(C(F)(F)F)CCCC(CBr)C1. The molecule has 1 rings (SSSR count). The van der Waals surface area contributed by atoms with E-state index in [1.54, 1.807) is 0 Å². The van der Waals surface area contributed by atoms with E-state index in [9.17, 15) is 18.3 Å². The predicted octanol–water partition coefficient (Wildman–Crippen LogP) is 2.86. The Morgan fingerprint density at radius 2 is 2.08 bits per heavy atom. The van der Waals surface area contributed by atoms with E-state index in [1.807, 2.05) is 0 Å². The van der Waals surface area contributed by atoms with Gasteiger partial charge in [-0.05, 0) is 31.6 Å². The van der Waals surface area contributed by atoms with E-state index < -0.39 is 11.8 Å². The molecule has 13 heavy (non-hydrogen) atoms. The van der Waals surface area contributed by atoms with Gasteiger partial charge in [-0.15, -0.1) is 0 Å². The fourth-order valence-corrected chi connectivity index (χ4v) is 2.31. The molecule has 0 saturated heterocycles. The van der Waals surface area contributed by atoms with Gasteiger partial charge in [-0.1, -0.05) is 15.9 Å². The average Bonchev–Trinajstić information content (AvgIpc) is 2.02. The second-order valence-electron chi connectivity index (χ2n) is 3.65. The van der Waals surface area contributed by atoms with Crippen molar-refractivity contribution in [2.24, 2.45) is 5.92 Å². The highest BCUT2D eigenvalue weighted by Crippen LogP contribution is 2.43. The lowest BCUT2D eigenvalue weighted by Gasteiger charge is -2.37. The first-order valence-corrected chi connectivity index (χ1v) is 5.36. The summed E-state index contributed by atoms with van der Waals surface area (Å²) in [6.07, 6.45) is -3.58. The summed E-state index contributed by atoms with van der Waals surface area (Å²) < 4.78 is 37.1. The standard InChI is InChI=1S/C8H12BrF3O/c9-5-6-2-1-3-7(13,4-6)8(10,11)12/h6,13H,1-5H2. The van der Waals surface area contributed by atoms with E-state index in [0.29, 0.717) is 11.8 Å². The molecule has 1 aliphatic rings. The van der Waals surface area contributed by atoms with Gasteiger partial charge in [0.2, 0.25) is 0 Å². The van der Waals surface area contributed by atoms with Gasteiger partial charge in [0.05, 0.1) is 0 Å². The highest BCUT2D eigenvalue weighted by molar-refractivity contribution is 9.09. The summed E-state index contributed by atoms with van der Waals surface area (Å²) in [6.45, 7) is 0. The molecule has 1 aliphatic carbocycles. The molecule has 0 aliphatic heterocycles. The maximum Gasteiger partial charge on any atom is 0.417 e. The van der Waals surface area contributed by atoms with Crippen molar-refractivity contribution in [3.63, 3.8) is 0 Å². The molecule has 1 saturated carbocycles. The highest BCUT2D eigenvalue weighted by Gasteiger charge is 2.55. The topological polar surface area (TPSA) is 20.2 Å². The summed E-state index contributed by atoms with van der Waals surface area (Å²) in [6, 6.07) is 0. The molecule has 2 unspecified atom stereocenters. The minimum absolute atomic E-state index is 0.0552. The van der Waals surface area contributed by atoms with Gasteiger partial charge >= 0.3 is 6.18 Å². The van der Waals surface area contributed by atoms with Crippen molar-refractivity contribution < 1.29 is 18.3 Å². The highest BCUT2D eigenvalue weighted by atomic mass is 79.9. The Labute approximate surface area is 83.4 Å². The van der Waals surface area contributed by atoms with Gasteiger partial charge < -0.3 is 5.11 Å². The molecule has 5 heteroatoms. The minimum atomic E-state index is -4.48. The Hall–Kier alpha value is 0.230. The molecule has 0 heterocycles. The first-order chi connectivity index (χ1) is 5.89. The van der Waals surface area contributed by atoms with Crippen molar-refractivity contribution in [3.8, 4) is 0 Å². The third kappa shape index (κ3) is 2.37. The Balaban J connectivity index is 2.68.